The summed E-state index contributed by atoms with van der Waals surface area (Å²) in [5.74, 6) is 0.115. The maximum absolute atomic E-state index is 15.6. The lowest BCUT2D eigenvalue weighted by Gasteiger charge is -2.23. The number of aromatic amines is 1. The van der Waals surface area contributed by atoms with Crippen LogP contribution in [0.15, 0.2) is 54.9 Å². The number of benzene rings is 2. The first-order chi connectivity index (χ1) is 17.7. The summed E-state index contributed by atoms with van der Waals surface area (Å²) in [4.78, 5) is 22.2. The van der Waals surface area contributed by atoms with Crippen LogP contribution >= 0.6 is 0 Å². The highest BCUT2D eigenvalue weighted by molar-refractivity contribution is 6.02. The Morgan fingerprint density at radius 1 is 1.16 bits per heavy atom. The number of para-hydroxylation sites is 1. The third-order valence-electron chi connectivity index (χ3n) is 6.31. The molecule has 0 fully saturated rings. The minimum absolute atomic E-state index is 0.0903. The molecule has 0 bridgehead atoms. The van der Waals surface area contributed by atoms with Crippen LogP contribution in [-0.2, 0) is 0 Å². The van der Waals surface area contributed by atoms with Crippen molar-refractivity contribution in [3.63, 3.8) is 0 Å². The third-order valence-corrected chi connectivity index (χ3v) is 6.31. The molecule has 7 nitrogen and oxygen atoms in total. The summed E-state index contributed by atoms with van der Waals surface area (Å²) < 4.78 is 21.1. The van der Waals surface area contributed by atoms with Crippen molar-refractivity contribution in [1.29, 1.82) is 0 Å². The zero-order valence-electron chi connectivity index (χ0n) is 21.8. The molecule has 1 atom stereocenters. The van der Waals surface area contributed by atoms with Crippen LogP contribution in [0.4, 0.5) is 10.1 Å². The molecular weight excluding hydrogens is 471 g/mol. The van der Waals surface area contributed by atoms with Gasteiger partial charge in [-0.1, -0.05) is 32.0 Å². The van der Waals surface area contributed by atoms with E-state index in [-0.39, 0.29) is 35.7 Å². The first kappa shape index (κ1) is 26.2. The minimum atomic E-state index is -0.566. The van der Waals surface area contributed by atoms with E-state index in [1.54, 1.807) is 33.5 Å². The Labute approximate surface area is 216 Å². The van der Waals surface area contributed by atoms with E-state index < -0.39 is 5.82 Å². The van der Waals surface area contributed by atoms with Crippen molar-refractivity contribution in [3.05, 3.63) is 66.2 Å². The van der Waals surface area contributed by atoms with E-state index in [1.165, 1.54) is 11.0 Å². The van der Waals surface area contributed by atoms with Crippen LogP contribution in [0.5, 0.6) is 5.75 Å². The molecule has 0 aliphatic rings. The van der Waals surface area contributed by atoms with Crippen molar-refractivity contribution >= 4 is 22.6 Å². The Bertz CT molecular complexity index is 1410. The molecule has 8 heteroatoms. The number of aromatic nitrogens is 2. The van der Waals surface area contributed by atoms with Gasteiger partial charge in [0.25, 0.3) is 5.91 Å². The number of carbonyl (C=O) groups excluding carboxylic acids is 1. The molecule has 0 saturated heterocycles. The number of amides is 1. The quantitative estimate of drug-likeness (QED) is 0.277. The summed E-state index contributed by atoms with van der Waals surface area (Å²) in [5, 5.41) is 13.8. The summed E-state index contributed by atoms with van der Waals surface area (Å²) in [6.45, 7) is 3.88. The standard InChI is InChI=1S/C29H33FN4O3/c1-17(2)10-20(16-35)33-27-23(29(36)34(3)4)11-18(13-25(27)30)19-12-22-24(15-32-28(22)31-14-19)21-8-6-7-9-26(21)37-5/h6-9,11-15,17,20,33,35H,10,16H2,1-5H3,(H,31,32). The SMILES string of the molecule is COc1ccccc1-c1c[nH]c2ncc(-c3cc(F)c(NC(CO)CC(C)C)c(C(=O)N(C)C)c3)cc12. The van der Waals surface area contributed by atoms with Gasteiger partial charge in [-0.3, -0.25) is 4.79 Å². The van der Waals surface area contributed by atoms with Crippen LogP contribution < -0.4 is 10.1 Å². The van der Waals surface area contributed by atoms with E-state index in [2.05, 4.69) is 15.3 Å². The summed E-state index contributed by atoms with van der Waals surface area (Å²) in [6.07, 6.45) is 4.16. The summed E-state index contributed by atoms with van der Waals surface area (Å²) in [5.41, 5.74) is 3.98. The molecule has 4 rings (SSSR count). The van der Waals surface area contributed by atoms with E-state index in [9.17, 15) is 9.90 Å². The number of ether oxygens (including phenoxy) is 1. The molecule has 2 aromatic heterocycles. The number of aliphatic hydroxyl groups is 1. The molecule has 2 aromatic carbocycles. The van der Waals surface area contributed by atoms with Crippen molar-refractivity contribution in [1.82, 2.24) is 14.9 Å². The highest BCUT2D eigenvalue weighted by Gasteiger charge is 2.22. The molecule has 1 amide bonds. The molecule has 0 aliphatic carbocycles. The number of pyridine rings is 1. The van der Waals surface area contributed by atoms with Crippen molar-refractivity contribution < 1.29 is 19.0 Å². The molecule has 4 aromatic rings. The van der Waals surface area contributed by atoms with Crippen LogP contribution in [-0.4, -0.2) is 59.7 Å². The lowest BCUT2D eigenvalue weighted by atomic mass is 9.98. The van der Waals surface area contributed by atoms with Gasteiger partial charge in [0.1, 0.15) is 17.2 Å². The second-order valence-corrected chi connectivity index (χ2v) is 9.76. The predicted molar refractivity (Wildman–Crippen MR) is 145 cm³/mol. The number of carbonyl (C=O) groups is 1. The van der Waals surface area contributed by atoms with Gasteiger partial charge >= 0.3 is 0 Å². The Hall–Kier alpha value is -3.91. The van der Waals surface area contributed by atoms with Crippen molar-refractivity contribution in [2.45, 2.75) is 26.3 Å². The number of nitrogens with one attached hydrogen (secondary N) is 2. The molecule has 0 saturated carbocycles. The molecule has 2 heterocycles. The smallest absolute Gasteiger partial charge is 0.255 e. The number of hydrogen-bond donors (Lipinski definition) is 3. The van der Waals surface area contributed by atoms with Gasteiger partial charge in [0.2, 0.25) is 0 Å². The molecule has 3 N–H and O–H groups in total. The Morgan fingerprint density at radius 2 is 1.92 bits per heavy atom. The first-order valence-corrected chi connectivity index (χ1v) is 12.3. The third kappa shape index (κ3) is 5.44. The number of fused-ring (bicyclic) bond motifs is 1. The average Bonchev–Trinajstić information content (AvgIpc) is 3.31. The molecule has 0 radical (unpaired) electrons. The number of hydrogen-bond acceptors (Lipinski definition) is 5. The van der Waals surface area contributed by atoms with Gasteiger partial charge in [0.15, 0.2) is 0 Å². The fourth-order valence-electron chi connectivity index (χ4n) is 4.53. The van der Waals surface area contributed by atoms with Crippen LogP contribution in [0.3, 0.4) is 0 Å². The minimum Gasteiger partial charge on any atom is -0.496 e. The number of nitrogens with zero attached hydrogens (tertiary/aromatic N) is 2. The number of methoxy groups -OCH3 is 1. The van der Waals surface area contributed by atoms with E-state index in [4.69, 9.17) is 4.74 Å². The summed E-state index contributed by atoms with van der Waals surface area (Å²) in [6, 6.07) is 12.3. The second-order valence-electron chi connectivity index (χ2n) is 9.76. The van der Waals surface area contributed by atoms with Gasteiger partial charge in [-0.15, -0.1) is 0 Å². The van der Waals surface area contributed by atoms with E-state index in [0.717, 1.165) is 22.3 Å². The van der Waals surface area contributed by atoms with Gasteiger partial charge in [-0.2, -0.15) is 0 Å². The predicted octanol–water partition coefficient (Wildman–Crippen LogP) is 5.57. The van der Waals surface area contributed by atoms with E-state index in [0.29, 0.717) is 23.2 Å². The maximum Gasteiger partial charge on any atom is 0.255 e. The number of rotatable bonds is 9. The fraction of sp³-hybridized carbons (Fsp3) is 0.310. The monoisotopic (exact) mass is 504 g/mol. The van der Waals surface area contributed by atoms with Crippen LogP contribution in [0.2, 0.25) is 0 Å². The number of anilines is 1. The van der Waals surface area contributed by atoms with Crippen LogP contribution in [0.1, 0.15) is 30.6 Å². The largest absolute Gasteiger partial charge is 0.496 e. The number of halogens is 1. The van der Waals surface area contributed by atoms with Crippen LogP contribution in [0.25, 0.3) is 33.3 Å². The fourth-order valence-corrected chi connectivity index (χ4v) is 4.53. The van der Waals surface area contributed by atoms with Gasteiger partial charge in [-0.25, -0.2) is 9.37 Å². The van der Waals surface area contributed by atoms with Gasteiger partial charge in [0, 0.05) is 54.6 Å². The van der Waals surface area contributed by atoms with Gasteiger partial charge in [-0.05, 0) is 42.2 Å². The normalized spacial score (nSPS) is 12.1. The Kier molecular flexibility index (Phi) is 7.78. The summed E-state index contributed by atoms with van der Waals surface area (Å²) in [7, 11) is 4.88. The van der Waals surface area contributed by atoms with Crippen LogP contribution in [0, 0.1) is 11.7 Å². The molecular formula is C29H33FN4O3. The molecule has 194 valence electrons. The van der Waals surface area contributed by atoms with E-state index in [1.807, 2.05) is 50.4 Å². The first-order valence-electron chi connectivity index (χ1n) is 12.3. The number of H-pyrrole nitrogens is 1. The Balaban J connectivity index is 1.83. The summed E-state index contributed by atoms with van der Waals surface area (Å²) >= 11 is 0. The second kappa shape index (κ2) is 11.0. The maximum atomic E-state index is 15.6. The molecule has 1 unspecified atom stereocenters. The number of aliphatic hydroxyl groups excluding tert-OH is 1. The average molecular weight is 505 g/mol. The van der Waals surface area contributed by atoms with E-state index >= 15 is 4.39 Å². The molecule has 0 aliphatic heterocycles. The highest BCUT2D eigenvalue weighted by Crippen LogP contribution is 2.37. The zero-order chi connectivity index (χ0) is 26.7. The Morgan fingerprint density at radius 3 is 2.59 bits per heavy atom. The van der Waals surface area contributed by atoms with Crippen molar-refractivity contribution in [2.75, 3.05) is 33.1 Å². The van der Waals surface area contributed by atoms with Gasteiger partial charge in [0.05, 0.1) is 25.0 Å². The van der Waals surface area contributed by atoms with Gasteiger partial charge < -0.3 is 25.0 Å². The van der Waals surface area contributed by atoms with Crippen molar-refractivity contribution in [3.8, 4) is 28.0 Å². The zero-order valence-corrected chi connectivity index (χ0v) is 21.8. The van der Waals surface area contributed by atoms with Crippen molar-refractivity contribution in [2.24, 2.45) is 5.92 Å². The molecule has 0 spiro atoms. The lowest BCUT2D eigenvalue weighted by molar-refractivity contribution is 0.0828. The highest BCUT2D eigenvalue weighted by atomic mass is 19.1. The molecule has 37 heavy (non-hydrogen) atoms. The topological polar surface area (TPSA) is 90.5 Å². The lowest BCUT2D eigenvalue weighted by Crippen LogP contribution is -2.29.